The van der Waals surface area contributed by atoms with Gasteiger partial charge in [0.1, 0.15) is 1.41 Å². The summed E-state index contributed by atoms with van der Waals surface area (Å²) in [7, 11) is 0. The fourth-order valence-corrected chi connectivity index (χ4v) is 0.317. The van der Waals surface area contributed by atoms with Crippen molar-refractivity contribution in [2.24, 2.45) is 0 Å². The van der Waals surface area contributed by atoms with E-state index in [0.717, 1.165) is 0 Å². The third-order valence-electron chi connectivity index (χ3n) is 0.655. The second-order valence-corrected chi connectivity index (χ2v) is 2.99. The van der Waals surface area contributed by atoms with Crippen LogP contribution < -0.4 is 5.31 Å². The van der Waals surface area contributed by atoms with Gasteiger partial charge < -0.3 is 10.4 Å². The topological polar surface area (TPSA) is 49.3 Å². The number of nitrogens with one attached hydrogen (secondary N) is 1. The van der Waals surface area contributed by atoms with Crippen LogP contribution in [0, 0.1) is 0 Å². The Labute approximate surface area is 77.8 Å². The molecule has 0 aliphatic heterocycles. The normalized spacial score (nSPS) is 26.4. The molecule has 0 aromatic carbocycles. The molecular formula is C8H17NO2. The van der Waals surface area contributed by atoms with E-state index in [4.69, 9.17) is 9.70 Å². The minimum Gasteiger partial charge on any atom is -0.481 e. The summed E-state index contributed by atoms with van der Waals surface area (Å²) < 4.78 is 51.4. The zero-order chi connectivity index (χ0) is 14.9. The van der Waals surface area contributed by atoms with Gasteiger partial charge in [-0.2, -0.15) is 0 Å². The molecule has 0 spiro atoms. The lowest BCUT2D eigenvalue weighted by Crippen LogP contribution is -2.36. The minimum atomic E-state index is -3.02. The van der Waals surface area contributed by atoms with Crippen molar-refractivity contribution in [1.82, 2.24) is 5.31 Å². The molecule has 0 saturated carbocycles. The van der Waals surface area contributed by atoms with Gasteiger partial charge in [-0.3, -0.25) is 4.79 Å². The number of carbonyl (C=O) groups is 1. The van der Waals surface area contributed by atoms with Crippen LogP contribution in [-0.2, 0) is 4.79 Å². The van der Waals surface area contributed by atoms with Gasteiger partial charge in [0.15, 0.2) is 0 Å². The second-order valence-electron chi connectivity index (χ2n) is 2.99. The average Bonchev–Trinajstić information content (AvgIpc) is 2.24. The van der Waals surface area contributed by atoms with E-state index < -0.39 is 30.8 Å². The number of carboxylic acids is 1. The Bertz CT molecular complexity index is 315. The molecule has 0 radical (unpaired) electrons. The quantitative estimate of drug-likeness (QED) is 0.660. The largest absolute Gasteiger partial charge is 0.481 e. The van der Waals surface area contributed by atoms with Gasteiger partial charge in [-0.1, -0.05) is 0 Å². The molecule has 0 rings (SSSR count). The Morgan fingerprint density at radius 1 is 1.82 bits per heavy atom. The van der Waals surface area contributed by atoms with Crippen LogP contribution in [0.1, 0.15) is 40.4 Å². The van der Waals surface area contributed by atoms with Gasteiger partial charge in [0.25, 0.3) is 1.43 Å². The lowest BCUT2D eigenvalue weighted by atomic mass is 10.1. The summed E-state index contributed by atoms with van der Waals surface area (Å²) in [5.74, 6) is -1.66. The van der Waals surface area contributed by atoms with Crippen molar-refractivity contribution in [2.45, 2.75) is 39.1 Å². The predicted octanol–water partition coefficient (Wildman–Crippen LogP) is 1.24. The van der Waals surface area contributed by atoms with Crippen molar-refractivity contribution >= 4 is 5.97 Å². The molecule has 0 saturated heterocycles. The monoisotopic (exact) mass is 166 g/mol. The maximum Gasteiger partial charge on any atom is 0.303 e. The summed E-state index contributed by atoms with van der Waals surface area (Å²) >= 11 is 0. The van der Waals surface area contributed by atoms with E-state index in [9.17, 15) is 4.79 Å². The summed E-state index contributed by atoms with van der Waals surface area (Å²) in [5.41, 5.74) is -0.982. The number of carboxylic acid groups (broad SMARTS) is 1. The molecule has 0 aromatic heterocycles. The maximum absolute atomic E-state index is 11.0. The summed E-state index contributed by atoms with van der Waals surface area (Å²) in [4.78, 5) is 11.0. The van der Waals surface area contributed by atoms with E-state index in [1.807, 2.05) is 0 Å². The van der Waals surface area contributed by atoms with Crippen molar-refractivity contribution < 1.29 is 18.2 Å². The highest BCUT2D eigenvalue weighted by atomic mass is 16.4. The van der Waals surface area contributed by atoms with Crippen LogP contribution in [-0.4, -0.2) is 23.1 Å². The number of aliphatic carboxylic acids is 1. The molecule has 3 nitrogen and oxygen atoms in total. The molecule has 1 atom stereocenters. The summed E-state index contributed by atoms with van der Waals surface area (Å²) in [6.45, 7) is 1.82. The first-order chi connectivity index (χ1) is 7.79. The second kappa shape index (κ2) is 4.34. The van der Waals surface area contributed by atoms with Crippen molar-refractivity contribution in [2.75, 3.05) is 6.50 Å². The van der Waals surface area contributed by atoms with Gasteiger partial charge in [0, 0.05) is 18.8 Å². The van der Waals surface area contributed by atoms with Crippen LogP contribution in [0.25, 0.3) is 1.43 Å². The van der Waals surface area contributed by atoms with Gasteiger partial charge >= 0.3 is 5.97 Å². The molecular weight excluding hydrogens is 142 g/mol. The first-order valence-corrected chi connectivity index (χ1v) is 3.18. The highest BCUT2D eigenvalue weighted by Gasteiger charge is 2.07. The van der Waals surface area contributed by atoms with Crippen LogP contribution in [0.5, 0.6) is 0 Å². The molecule has 0 amide bonds. The first-order valence-electron chi connectivity index (χ1n) is 6.62. The molecule has 2 N–H and O–H groups in total. The third kappa shape index (κ3) is 9.43. The zero-order valence-corrected chi connectivity index (χ0v) is 6.84. The molecule has 0 bridgehead atoms. The highest BCUT2D eigenvalue weighted by Crippen LogP contribution is 1.98. The fourth-order valence-electron chi connectivity index (χ4n) is 0.317. The number of hydrogen-bond acceptors (Lipinski definition) is 3. The minimum absolute atomic E-state index is 0.423. The molecule has 0 aromatic rings. The molecule has 0 heterocycles. The van der Waals surface area contributed by atoms with Crippen LogP contribution in [0.15, 0.2) is 0 Å². The van der Waals surface area contributed by atoms with E-state index in [1.165, 1.54) is 20.8 Å². The van der Waals surface area contributed by atoms with E-state index in [1.54, 1.807) is 0 Å². The van der Waals surface area contributed by atoms with Crippen molar-refractivity contribution in [1.29, 1.82) is 1.43 Å². The smallest absolute Gasteiger partial charge is 0.303 e. The number of hydrogen-bond donors (Lipinski definition) is 2. The molecule has 0 fully saturated rings. The average molecular weight is 166 g/mol. The Hall–Kier alpha value is -0.570. The van der Waals surface area contributed by atoms with Crippen LogP contribution in [0.2, 0.25) is 1.41 Å². The van der Waals surface area contributed by atoms with Crippen molar-refractivity contribution in [3.8, 4) is 0 Å². The van der Waals surface area contributed by atoms with Gasteiger partial charge in [-0.25, -0.2) is 0 Å². The van der Waals surface area contributed by atoms with Gasteiger partial charge in [-0.05, 0) is 33.7 Å². The van der Waals surface area contributed by atoms with Crippen molar-refractivity contribution in [3.63, 3.8) is 0 Å². The van der Waals surface area contributed by atoms with Gasteiger partial charge in [-0.15, -0.1) is 0 Å². The first kappa shape index (κ1) is 3.44. The zero-order valence-electron chi connectivity index (χ0n) is 13.8. The van der Waals surface area contributed by atoms with E-state index in [0.29, 0.717) is 5.31 Å². The lowest BCUT2D eigenvalue weighted by molar-refractivity contribution is -0.137. The summed E-state index contributed by atoms with van der Waals surface area (Å²) in [6.07, 6.45) is -5.24. The maximum atomic E-state index is 11.0. The Morgan fingerprint density at radius 3 is 2.91 bits per heavy atom. The van der Waals surface area contributed by atoms with Gasteiger partial charge in [0.05, 0.1) is 0 Å². The van der Waals surface area contributed by atoms with E-state index in [-0.39, 0.29) is 0 Å². The molecule has 0 aliphatic rings. The molecule has 66 valence electrons. The van der Waals surface area contributed by atoms with Crippen LogP contribution in [0.3, 0.4) is 0 Å². The Balaban J connectivity index is 5.31. The third-order valence-corrected chi connectivity index (χ3v) is 0.655. The lowest BCUT2D eigenvalue weighted by Gasteiger charge is -2.19. The molecule has 11 heavy (non-hydrogen) atoms. The Kier molecular flexibility index (Phi) is 1.35. The SMILES string of the molecule is [2H]OC(=O)C([2H])([2H])C([2H])C([2H])([2H])N([2H])C(C)(C)C. The number of rotatable bonds is 4. The fraction of sp³-hybridized carbons (Fsp3) is 0.875. The van der Waals surface area contributed by atoms with E-state index in [2.05, 4.69) is 5.11 Å². The van der Waals surface area contributed by atoms with Crippen molar-refractivity contribution in [3.05, 3.63) is 0 Å². The standard InChI is InChI=1S/C8H17NO2/c1-8(2,3)9-6-4-5-7(10)11/h9H,4-6H2,1-3H3,(H,10,11)/i4D,5D2,6D2/hD2. The molecule has 1 unspecified atom stereocenters. The summed E-state index contributed by atoms with van der Waals surface area (Å²) in [6, 6.07) is 0. The van der Waals surface area contributed by atoms with Crippen LogP contribution in [0.4, 0.5) is 0 Å². The predicted molar refractivity (Wildman–Crippen MR) is 44.6 cm³/mol. The van der Waals surface area contributed by atoms with E-state index >= 15 is 0 Å². The van der Waals surface area contributed by atoms with Gasteiger partial charge in [0.2, 0.25) is 0 Å². The molecule has 3 heteroatoms. The summed E-state index contributed by atoms with van der Waals surface area (Å²) in [5, 5.41) is 3.89. The Morgan fingerprint density at radius 2 is 2.45 bits per heavy atom. The highest BCUT2D eigenvalue weighted by molar-refractivity contribution is 5.66. The molecule has 0 aliphatic carbocycles. The van der Waals surface area contributed by atoms with Crippen LogP contribution >= 0.6 is 0 Å².